The average molecular weight is 510 g/mol. The summed E-state index contributed by atoms with van der Waals surface area (Å²) in [5, 5.41) is 12.1. The van der Waals surface area contributed by atoms with E-state index in [4.69, 9.17) is 10.00 Å². The van der Waals surface area contributed by atoms with Gasteiger partial charge in [-0.15, -0.1) is 0 Å². The summed E-state index contributed by atoms with van der Waals surface area (Å²) in [6.07, 6.45) is 4.24. The summed E-state index contributed by atoms with van der Waals surface area (Å²) in [6, 6.07) is 25.0. The first kappa shape index (κ1) is 26.9. The van der Waals surface area contributed by atoms with Crippen molar-refractivity contribution in [3.8, 4) is 22.9 Å². The van der Waals surface area contributed by atoms with Gasteiger partial charge in [-0.1, -0.05) is 42.5 Å². The molecule has 0 unspecified atom stereocenters. The number of piperidine rings is 1. The fraction of sp³-hybridized carbons (Fsp3) is 0.344. The van der Waals surface area contributed by atoms with Crippen molar-refractivity contribution in [2.75, 3.05) is 19.7 Å². The molecule has 2 amide bonds. The Morgan fingerprint density at radius 1 is 1.03 bits per heavy atom. The van der Waals surface area contributed by atoms with Gasteiger partial charge >= 0.3 is 0 Å². The second-order valence-electron chi connectivity index (χ2n) is 10.2. The van der Waals surface area contributed by atoms with Crippen molar-refractivity contribution in [1.82, 2.24) is 10.2 Å². The van der Waals surface area contributed by atoms with Gasteiger partial charge in [0.2, 0.25) is 0 Å². The number of nitrogens with one attached hydrogen (secondary N) is 1. The Hall–Kier alpha value is -4.11. The van der Waals surface area contributed by atoms with Gasteiger partial charge < -0.3 is 15.0 Å². The Bertz CT molecular complexity index is 1270. The third kappa shape index (κ3) is 7.23. The zero-order chi connectivity index (χ0) is 26.9. The number of rotatable bonds is 9. The molecule has 38 heavy (non-hydrogen) atoms. The van der Waals surface area contributed by atoms with E-state index in [0.717, 1.165) is 44.3 Å². The number of nitrogens with zero attached hydrogens (tertiary/aromatic N) is 2. The van der Waals surface area contributed by atoms with Gasteiger partial charge in [-0.05, 0) is 86.9 Å². The molecule has 3 aromatic rings. The second kappa shape index (κ2) is 12.9. The lowest BCUT2D eigenvalue weighted by Crippen LogP contribution is -2.41. The van der Waals surface area contributed by atoms with E-state index in [2.05, 4.69) is 35.7 Å². The molecular formula is C32H35N3O3. The Balaban J connectivity index is 1.38. The molecule has 0 bridgehead atoms. The number of hydrogen-bond donors (Lipinski definition) is 1. The van der Waals surface area contributed by atoms with Crippen molar-refractivity contribution in [2.24, 2.45) is 5.92 Å². The van der Waals surface area contributed by atoms with Gasteiger partial charge in [0.25, 0.3) is 11.8 Å². The molecule has 4 rings (SSSR count). The van der Waals surface area contributed by atoms with Crippen LogP contribution < -0.4 is 10.1 Å². The van der Waals surface area contributed by atoms with E-state index in [1.807, 2.05) is 36.9 Å². The molecule has 3 aromatic carbocycles. The Morgan fingerprint density at radius 3 is 2.39 bits per heavy atom. The van der Waals surface area contributed by atoms with E-state index >= 15 is 0 Å². The van der Waals surface area contributed by atoms with Crippen molar-refractivity contribution in [3.05, 3.63) is 89.5 Å². The van der Waals surface area contributed by atoms with Gasteiger partial charge in [0, 0.05) is 30.3 Å². The molecule has 0 radical (unpaired) electrons. The van der Waals surface area contributed by atoms with Crippen LogP contribution in [0.15, 0.2) is 72.8 Å². The highest BCUT2D eigenvalue weighted by atomic mass is 16.5. The minimum Gasteiger partial charge on any atom is -0.483 e. The quantitative estimate of drug-likeness (QED) is 0.406. The molecule has 0 aromatic heterocycles. The topological polar surface area (TPSA) is 82.4 Å². The van der Waals surface area contributed by atoms with Crippen LogP contribution in [0, 0.1) is 17.2 Å². The first-order valence-corrected chi connectivity index (χ1v) is 13.3. The normalized spacial score (nSPS) is 13.7. The predicted molar refractivity (Wildman–Crippen MR) is 149 cm³/mol. The van der Waals surface area contributed by atoms with Crippen LogP contribution in [0.25, 0.3) is 11.1 Å². The van der Waals surface area contributed by atoms with Crippen LogP contribution in [0.4, 0.5) is 0 Å². The number of aryl methyl sites for hydroxylation is 1. The summed E-state index contributed by atoms with van der Waals surface area (Å²) >= 11 is 0. The molecule has 0 aliphatic carbocycles. The van der Waals surface area contributed by atoms with Crippen LogP contribution in [0.3, 0.4) is 0 Å². The van der Waals surface area contributed by atoms with Gasteiger partial charge in [0.1, 0.15) is 5.75 Å². The molecular weight excluding hydrogens is 474 g/mol. The Labute approximate surface area is 225 Å². The molecule has 1 fully saturated rings. The van der Waals surface area contributed by atoms with Crippen LogP contribution >= 0.6 is 0 Å². The smallest absolute Gasteiger partial charge is 0.260 e. The molecule has 1 heterocycles. The lowest BCUT2D eigenvalue weighted by Gasteiger charge is -2.32. The van der Waals surface area contributed by atoms with Crippen LogP contribution in [0.2, 0.25) is 0 Å². The zero-order valence-electron chi connectivity index (χ0n) is 22.2. The number of amides is 2. The van der Waals surface area contributed by atoms with Gasteiger partial charge in [0.15, 0.2) is 6.61 Å². The first-order chi connectivity index (χ1) is 18.4. The molecule has 6 heteroatoms. The summed E-state index contributed by atoms with van der Waals surface area (Å²) in [7, 11) is 0. The average Bonchev–Trinajstić information content (AvgIpc) is 2.95. The van der Waals surface area contributed by atoms with Crippen LogP contribution in [0.5, 0.6) is 5.75 Å². The number of carbonyl (C=O) groups excluding carboxylic acids is 2. The molecule has 0 atom stereocenters. The Morgan fingerprint density at radius 2 is 1.74 bits per heavy atom. The SMILES string of the molecule is CC(C)NC(=O)c1ccc(OCC(=O)N2CCC(CCc3ccccc3)CC2)c(-c2ccc(C#N)cc2)c1. The van der Waals surface area contributed by atoms with E-state index in [1.165, 1.54) is 5.56 Å². The van der Waals surface area contributed by atoms with E-state index in [1.54, 1.807) is 30.3 Å². The van der Waals surface area contributed by atoms with Crippen molar-refractivity contribution in [1.29, 1.82) is 5.26 Å². The van der Waals surface area contributed by atoms with Crippen molar-refractivity contribution in [2.45, 2.75) is 45.6 Å². The molecule has 6 nitrogen and oxygen atoms in total. The molecule has 0 spiro atoms. The summed E-state index contributed by atoms with van der Waals surface area (Å²) in [5.74, 6) is 0.959. The summed E-state index contributed by atoms with van der Waals surface area (Å²) in [4.78, 5) is 27.5. The summed E-state index contributed by atoms with van der Waals surface area (Å²) < 4.78 is 6.02. The number of likely N-dealkylation sites (tertiary alicyclic amines) is 1. The van der Waals surface area contributed by atoms with E-state index < -0.39 is 0 Å². The van der Waals surface area contributed by atoms with Gasteiger partial charge in [0.05, 0.1) is 11.6 Å². The minimum atomic E-state index is -0.173. The van der Waals surface area contributed by atoms with E-state index in [-0.39, 0.29) is 24.5 Å². The van der Waals surface area contributed by atoms with Gasteiger partial charge in [-0.3, -0.25) is 9.59 Å². The van der Waals surface area contributed by atoms with Crippen LogP contribution in [-0.4, -0.2) is 42.5 Å². The highest BCUT2D eigenvalue weighted by Gasteiger charge is 2.23. The maximum absolute atomic E-state index is 13.0. The lowest BCUT2D eigenvalue weighted by atomic mass is 9.90. The molecule has 196 valence electrons. The maximum Gasteiger partial charge on any atom is 0.260 e. The predicted octanol–water partition coefficient (Wildman–Crippen LogP) is 5.61. The number of benzene rings is 3. The first-order valence-electron chi connectivity index (χ1n) is 13.3. The largest absolute Gasteiger partial charge is 0.483 e. The molecule has 1 aliphatic heterocycles. The van der Waals surface area contributed by atoms with E-state index in [9.17, 15) is 9.59 Å². The van der Waals surface area contributed by atoms with Crippen molar-refractivity contribution >= 4 is 11.8 Å². The molecule has 1 aliphatic rings. The highest BCUT2D eigenvalue weighted by molar-refractivity contribution is 5.96. The van der Waals surface area contributed by atoms with Crippen molar-refractivity contribution < 1.29 is 14.3 Å². The molecule has 1 N–H and O–H groups in total. The minimum absolute atomic E-state index is 0.0110. The van der Waals surface area contributed by atoms with Crippen molar-refractivity contribution in [3.63, 3.8) is 0 Å². The third-order valence-corrected chi connectivity index (χ3v) is 6.99. The monoisotopic (exact) mass is 509 g/mol. The van der Waals surface area contributed by atoms with Crippen LogP contribution in [0.1, 0.15) is 54.6 Å². The Kier molecular flexibility index (Phi) is 9.16. The lowest BCUT2D eigenvalue weighted by molar-refractivity contribution is -0.134. The summed E-state index contributed by atoms with van der Waals surface area (Å²) in [6.45, 7) is 5.26. The van der Waals surface area contributed by atoms with E-state index in [0.29, 0.717) is 28.4 Å². The number of nitriles is 1. The highest BCUT2D eigenvalue weighted by Crippen LogP contribution is 2.32. The summed E-state index contributed by atoms with van der Waals surface area (Å²) in [5.41, 5.74) is 3.94. The van der Waals surface area contributed by atoms with Gasteiger partial charge in [-0.25, -0.2) is 0 Å². The second-order valence-corrected chi connectivity index (χ2v) is 10.2. The number of hydrogen-bond acceptors (Lipinski definition) is 4. The molecule has 1 saturated heterocycles. The third-order valence-electron chi connectivity index (χ3n) is 6.99. The fourth-order valence-corrected chi connectivity index (χ4v) is 4.81. The van der Waals surface area contributed by atoms with Gasteiger partial charge in [-0.2, -0.15) is 5.26 Å². The molecule has 0 saturated carbocycles. The van der Waals surface area contributed by atoms with Crippen LogP contribution in [-0.2, 0) is 11.2 Å². The number of carbonyl (C=O) groups is 2. The zero-order valence-corrected chi connectivity index (χ0v) is 22.2. The maximum atomic E-state index is 13.0. The standard InChI is InChI=1S/C32H35N3O3/c1-23(2)34-32(37)28-14-15-30(29(20-28)27-12-10-26(21-33)11-13-27)38-22-31(36)35-18-16-25(17-19-35)9-8-24-6-4-3-5-7-24/h3-7,10-15,20,23,25H,8-9,16-19,22H2,1-2H3,(H,34,37). The number of ether oxygens (including phenoxy) is 1. The fourth-order valence-electron chi connectivity index (χ4n) is 4.81.